The Morgan fingerprint density at radius 1 is 1.00 bits per heavy atom. The molecule has 0 aliphatic carbocycles. The van der Waals surface area contributed by atoms with Crippen molar-refractivity contribution in [2.24, 2.45) is 0 Å². The standard InChI is InChI=1S/C28H27F5N4O4/c1-14-12-37(13-15(2)36(14)3)20-11-18(29)24(16-4-5-21-22(8-16)41-7-6-40-21)25(30)26(20)35-27(39)19-9-17(28(31,32)33)10-23(38)34-19/h4-5,8-11,14-15H,6-7,12-13H2,1-3H3,(H,34,38)(H,35,39)/t14-,15+. The van der Waals surface area contributed by atoms with Crippen LogP contribution in [0, 0.1) is 11.6 Å². The summed E-state index contributed by atoms with van der Waals surface area (Å²) in [5, 5.41) is 2.31. The second-order valence-electron chi connectivity index (χ2n) is 10.2. The zero-order chi connectivity index (χ0) is 29.6. The molecule has 5 rings (SSSR count). The van der Waals surface area contributed by atoms with Gasteiger partial charge in [-0.05, 0) is 44.7 Å². The van der Waals surface area contributed by atoms with Gasteiger partial charge in [0.25, 0.3) is 5.91 Å². The van der Waals surface area contributed by atoms with Gasteiger partial charge in [-0.1, -0.05) is 6.07 Å². The Bertz CT molecular complexity index is 1550. The number of aromatic amines is 1. The first-order valence-corrected chi connectivity index (χ1v) is 12.8. The fraction of sp³-hybridized carbons (Fsp3) is 0.357. The number of fused-ring (bicyclic) bond motifs is 1. The first-order valence-electron chi connectivity index (χ1n) is 12.8. The maximum atomic E-state index is 16.3. The van der Waals surface area contributed by atoms with Crippen LogP contribution in [0.15, 0.2) is 41.2 Å². The minimum absolute atomic E-state index is 0.00997. The van der Waals surface area contributed by atoms with Crippen molar-refractivity contribution in [1.82, 2.24) is 9.88 Å². The predicted octanol–water partition coefficient (Wildman–Crippen LogP) is 4.89. The Balaban J connectivity index is 1.62. The summed E-state index contributed by atoms with van der Waals surface area (Å²) in [6, 6.07) is 6.16. The highest BCUT2D eigenvalue weighted by atomic mass is 19.4. The normalized spacial score (nSPS) is 19.3. The molecular weight excluding hydrogens is 551 g/mol. The first kappa shape index (κ1) is 28.4. The zero-order valence-corrected chi connectivity index (χ0v) is 22.4. The number of amides is 1. The second-order valence-corrected chi connectivity index (χ2v) is 10.2. The van der Waals surface area contributed by atoms with E-state index in [9.17, 15) is 22.8 Å². The number of nitrogens with one attached hydrogen (secondary N) is 2. The summed E-state index contributed by atoms with van der Waals surface area (Å²) < 4.78 is 83.0. The Labute approximate surface area is 231 Å². The summed E-state index contributed by atoms with van der Waals surface area (Å²) in [7, 11) is 1.92. The fourth-order valence-electron chi connectivity index (χ4n) is 5.05. The number of hydrogen-bond donors (Lipinski definition) is 2. The second kappa shape index (κ2) is 10.7. The number of nitrogens with zero attached hydrogens (tertiary/aromatic N) is 2. The van der Waals surface area contributed by atoms with Crippen LogP contribution in [0.4, 0.5) is 33.3 Å². The van der Waals surface area contributed by atoms with Gasteiger partial charge in [0.2, 0.25) is 5.56 Å². The topological polar surface area (TPSA) is 86.9 Å². The number of hydrogen-bond acceptors (Lipinski definition) is 6. The molecule has 41 heavy (non-hydrogen) atoms. The lowest BCUT2D eigenvalue weighted by Gasteiger charge is -2.44. The third-order valence-corrected chi connectivity index (χ3v) is 7.38. The number of benzene rings is 2. The molecule has 0 saturated carbocycles. The number of piperazine rings is 1. The molecule has 1 aromatic heterocycles. The Hall–Kier alpha value is -4.13. The zero-order valence-electron chi connectivity index (χ0n) is 22.4. The highest BCUT2D eigenvalue weighted by Gasteiger charge is 2.34. The molecule has 2 aliphatic heterocycles. The number of carbonyl (C=O) groups excluding carboxylic acids is 1. The van der Waals surface area contributed by atoms with Gasteiger partial charge in [-0.3, -0.25) is 14.5 Å². The number of halogens is 5. The van der Waals surface area contributed by atoms with Gasteiger partial charge in [0.1, 0.15) is 30.4 Å². The van der Waals surface area contributed by atoms with Gasteiger partial charge in [-0.2, -0.15) is 13.2 Å². The largest absolute Gasteiger partial charge is 0.486 e. The van der Waals surface area contributed by atoms with Crippen molar-refractivity contribution >= 4 is 17.3 Å². The van der Waals surface area contributed by atoms with E-state index in [2.05, 4.69) is 15.2 Å². The molecule has 2 N–H and O–H groups in total. The average molecular weight is 579 g/mol. The van der Waals surface area contributed by atoms with Gasteiger partial charge >= 0.3 is 6.18 Å². The highest BCUT2D eigenvalue weighted by molar-refractivity contribution is 6.05. The minimum atomic E-state index is -4.90. The molecule has 2 aromatic carbocycles. The summed E-state index contributed by atoms with van der Waals surface area (Å²) in [4.78, 5) is 30.9. The van der Waals surface area contributed by atoms with Crippen LogP contribution in [0.25, 0.3) is 11.1 Å². The van der Waals surface area contributed by atoms with E-state index in [4.69, 9.17) is 9.47 Å². The highest BCUT2D eigenvalue weighted by Crippen LogP contribution is 2.42. The van der Waals surface area contributed by atoms with Gasteiger partial charge in [0.05, 0.1) is 16.8 Å². The number of alkyl halides is 3. The number of rotatable bonds is 4. The maximum Gasteiger partial charge on any atom is 0.416 e. The van der Waals surface area contributed by atoms with Gasteiger partial charge < -0.3 is 24.7 Å². The fourth-order valence-corrected chi connectivity index (χ4v) is 5.05. The quantitative estimate of drug-likeness (QED) is 0.429. The van der Waals surface area contributed by atoms with Crippen LogP contribution < -0.4 is 25.2 Å². The summed E-state index contributed by atoms with van der Waals surface area (Å²) in [5.74, 6) is -2.58. The molecule has 3 aromatic rings. The van der Waals surface area contributed by atoms with E-state index in [-0.39, 0.29) is 35.7 Å². The minimum Gasteiger partial charge on any atom is -0.486 e. The van der Waals surface area contributed by atoms with Crippen LogP contribution in [-0.2, 0) is 6.18 Å². The lowest BCUT2D eigenvalue weighted by molar-refractivity contribution is -0.137. The van der Waals surface area contributed by atoms with Crippen molar-refractivity contribution < 1.29 is 36.2 Å². The number of pyridine rings is 1. The van der Waals surface area contributed by atoms with Crippen molar-refractivity contribution in [2.75, 3.05) is 43.6 Å². The summed E-state index contributed by atoms with van der Waals surface area (Å²) in [5.41, 5.74) is -4.05. The summed E-state index contributed by atoms with van der Waals surface area (Å²) in [6.07, 6.45) is -4.90. The third kappa shape index (κ3) is 5.58. The van der Waals surface area contributed by atoms with Crippen LogP contribution in [0.5, 0.6) is 11.5 Å². The van der Waals surface area contributed by atoms with E-state index in [0.717, 1.165) is 6.07 Å². The number of carbonyl (C=O) groups is 1. The van der Waals surface area contributed by atoms with Crippen LogP contribution in [-0.4, -0.2) is 61.2 Å². The Morgan fingerprint density at radius 2 is 1.66 bits per heavy atom. The molecule has 0 bridgehead atoms. The summed E-state index contributed by atoms with van der Waals surface area (Å²) in [6.45, 7) is 5.14. The molecule has 2 atom stereocenters. The molecule has 3 heterocycles. The molecule has 2 aliphatic rings. The number of ether oxygens (including phenoxy) is 2. The lowest BCUT2D eigenvalue weighted by atomic mass is 10.00. The van der Waals surface area contributed by atoms with E-state index in [0.29, 0.717) is 37.6 Å². The molecular formula is C28H27F5N4O4. The van der Waals surface area contributed by atoms with Crippen LogP contribution >= 0.6 is 0 Å². The van der Waals surface area contributed by atoms with E-state index in [1.807, 2.05) is 20.9 Å². The summed E-state index contributed by atoms with van der Waals surface area (Å²) >= 11 is 0. The van der Waals surface area contributed by atoms with Gasteiger partial charge in [0.15, 0.2) is 17.3 Å². The number of anilines is 2. The monoisotopic (exact) mass is 578 g/mol. The van der Waals surface area contributed by atoms with E-state index in [1.54, 1.807) is 4.90 Å². The Kier molecular flexibility index (Phi) is 7.41. The predicted molar refractivity (Wildman–Crippen MR) is 142 cm³/mol. The maximum absolute atomic E-state index is 16.3. The van der Waals surface area contributed by atoms with E-state index < -0.39 is 51.8 Å². The van der Waals surface area contributed by atoms with Crippen LogP contribution in [0.3, 0.4) is 0 Å². The van der Waals surface area contributed by atoms with Crippen molar-refractivity contribution in [2.45, 2.75) is 32.1 Å². The number of H-pyrrole nitrogens is 1. The van der Waals surface area contributed by atoms with Crippen molar-refractivity contribution in [3.05, 3.63) is 69.6 Å². The molecule has 1 saturated heterocycles. The van der Waals surface area contributed by atoms with Crippen molar-refractivity contribution in [3.8, 4) is 22.6 Å². The van der Waals surface area contributed by atoms with Crippen molar-refractivity contribution in [1.29, 1.82) is 0 Å². The molecule has 8 nitrogen and oxygen atoms in total. The molecule has 218 valence electrons. The molecule has 1 fully saturated rings. The first-order chi connectivity index (χ1) is 19.3. The van der Waals surface area contributed by atoms with Crippen LogP contribution in [0.2, 0.25) is 0 Å². The molecule has 0 unspecified atom stereocenters. The van der Waals surface area contributed by atoms with E-state index in [1.165, 1.54) is 18.2 Å². The molecule has 1 amide bonds. The van der Waals surface area contributed by atoms with Gasteiger partial charge in [-0.15, -0.1) is 0 Å². The molecule has 0 spiro atoms. The SMILES string of the molecule is C[C@@H]1CN(c2cc(F)c(-c3ccc4c(c3)OCCO4)c(F)c2NC(=O)c2cc(C(F)(F)F)cc(=O)[nH]2)C[C@H](C)N1C. The average Bonchev–Trinajstić information content (AvgIpc) is 2.92. The Morgan fingerprint density at radius 3 is 2.32 bits per heavy atom. The van der Waals surface area contributed by atoms with Crippen molar-refractivity contribution in [3.63, 3.8) is 0 Å². The van der Waals surface area contributed by atoms with Gasteiger partial charge in [-0.25, -0.2) is 8.78 Å². The van der Waals surface area contributed by atoms with Crippen LogP contribution in [0.1, 0.15) is 29.9 Å². The molecule has 13 heteroatoms. The third-order valence-electron chi connectivity index (χ3n) is 7.38. The smallest absolute Gasteiger partial charge is 0.416 e. The molecule has 0 radical (unpaired) electrons. The van der Waals surface area contributed by atoms with E-state index >= 15 is 8.78 Å². The lowest BCUT2D eigenvalue weighted by Crippen LogP contribution is -2.55. The van der Waals surface area contributed by atoms with Gasteiger partial charge in [0, 0.05) is 37.3 Å². The number of aromatic nitrogens is 1. The number of likely N-dealkylation sites (N-methyl/N-ethyl adjacent to an activating group) is 1.